The predicted octanol–water partition coefficient (Wildman–Crippen LogP) is 11.8. The van der Waals surface area contributed by atoms with Crippen molar-refractivity contribution in [1.82, 2.24) is 0 Å². The zero-order chi connectivity index (χ0) is 32.8. The second-order valence-corrected chi connectivity index (χ2v) is 10.9. The molecule has 0 aliphatic heterocycles. The van der Waals surface area contributed by atoms with Gasteiger partial charge in [-0.1, -0.05) is 80.4 Å². The highest BCUT2D eigenvalue weighted by atomic mass is 32.1. The van der Waals surface area contributed by atoms with Crippen LogP contribution < -0.4 is 4.74 Å². The molecule has 0 amide bonds. The van der Waals surface area contributed by atoms with Crippen molar-refractivity contribution in [1.29, 1.82) is 0 Å². The molecule has 0 atom stereocenters. The normalized spacial score (nSPS) is 11.3. The largest absolute Gasteiger partial charge is 0.429 e. The first-order valence-electron chi connectivity index (χ1n) is 14.5. The molecule has 0 N–H and O–H groups in total. The lowest BCUT2D eigenvalue weighted by molar-refractivity contribution is -0.185. The van der Waals surface area contributed by atoms with E-state index in [1.54, 1.807) is 23.4 Å². The Labute approximate surface area is 268 Å². The minimum absolute atomic E-state index is 0.106. The van der Waals surface area contributed by atoms with E-state index in [4.69, 9.17) is 0 Å². The van der Waals surface area contributed by atoms with Gasteiger partial charge < -0.3 is 4.74 Å². The Morgan fingerprint density at radius 3 is 1.78 bits per heavy atom. The third-order valence-corrected chi connectivity index (χ3v) is 7.62. The third kappa shape index (κ3) is 7.39. The van der Waals surface area contributed by atoms with Gasteiger partial charge in [0.15, 0.2) is 11.6 Å². The molecule has 0 unspecified atom stereocenters. The van der Waals surface area contributed by atoms with Crippen LogP contribution in [0.1, 0.15) is 37.3 Å². The third-order valence-electron chi connectivity index (χ3n) is 7.53. The maximum absolute atomic E-state index is 15.2. The molecule has 0 fully saturated rings. The first-order valence-corrected chi connectivity index (χ1v) is 14.9. The lowest BCUT2D eigenvalue weighted by Crippen LogP contribution is -2.22. The molecule has 5 rings (SSSR count). The van der Waals surface area contributed by atoms with Crippen molar-refractivity contribution < 1.29 is 31.1 Å². The summed E-state index contributed by atoms with van der Waals surface area (Å²) in [6.45, 7) is 2.16. The summed E-state index contributed by atoms with van der Waals surface area (Å²) in [6.07, 6.45) is 0.476. The van der Waals surface area contributed by atoms with Gasteiger partial charge in [0.25, 0.3) is 0 Å². The van der Waals surface area contributed by atoms with Crippen LogP contribution in [0.3, 0.4) is 0 Å². The second kappa shape index (κ2) is 14.1. The fourth-order valence-electron chi connectivity index (χ4n) is 5.09. The van der Waals surface area contributed by atoms with Crippen LogP contribution in [0, 0.1) is 23.3 Å². The molecule has 0 radical (unpaired) electrons. The number of thiocarbonyl (C=S) groups is 1. The van der Waals surface area contributed by atoms with Crippen molar-refractivity contribution in [2.24, 2.45) is 4.99 Å². The summed E-state index contributed by atoms with van der Waals surface area (Å²) in [5.74, 6) is -4.47. The average Bonchev–Trinajstić information content (AvgIpc) is 3.03. The van der Waals surface area contributed by atoms with Crippen LogP contribution in [0.15, 0.2) is 102 Å². The van der Waals surface area contributed by atoms with E-state index in [9.17, 15) is 17.6 Å². The Balaban J connectivity index is 1.31. The number of nitrogens with zero attached hydrogens (tertiary/aromatic N) is 1. The van der Waals surface area contributed by atoms with Crippen LogP contribution in [0.2, 0.25) is 0 Å². The van der Waals surface area contributed by atoms with Crippen LogP contribution >= 0.6 is 12.2 Å². The van der Waals surface area contributed by atoms with Gasteiger partial charge >= 0.3 is 6.11 Å². The number of rotatable bonds is 11. The van der Waals surface area contributed by atoms with Gasteiger partial charge in [0.05, 0.1) is 10.7 Å². The summed E-state index contributed by atoms with van der Waals surface area (Å²) in [5, 5.41) is 1.81. The quantitative estimate of drug-likeness (QED) is 0.0616. The lowest BCUT2D eigenvalue weighted by atomic mass is 9.96. The molecular weight excluding hydrogens is 620 g/mol. The minimum Gasteiger partial charge on any atom is -0.429 e. The molecule has 0 saturated carbocycles. The van der Waals surface area contributed by atoms with Gasteiger partial charge in [-0.05, 0) is 77.1 Å². The number of benzene rings is 5. The minimum atomic E-state index is -3.98. The van der Waals surface area contributed by atoms with E-state index in [-0.39, 0.29) is 16.7 Å². The number of aryl methyl sites for hydroxylation is 1. The molecule has 46 heavy (non-hydrogen) atoms. The number of alkyl halides is 2. The van der Waals surface area contributed by atoms with E-state index < -0.39 is 46.4 Å². The molecule has 5 aromatic carbocycles. The van der Waals surface area contributed by atoms with Gasteiger partial charge in [-0.25, -0.2) is 17.6 Å². The molecular formula is C37H27F6NOS. The fourth-order valence-corrected chi connectivity index (χ4v) is 5.18. The zero-order valence-corrected chi connectivity index (χ0v) is 25.4. The highest BCUT2D eigenvalue weighted by Gasteiger charge is 2.35. The molecule has 234 valence electrons. The summed E-state index contributed by atoms with van der Waals surface area (Å²) in [4.78, 5) is 3.22. The SMILES string of the molecule is CCCCCc1ccc(-c2ccc(-c3ccc(-c4ccc(C(F)(F)Oc5cc(F)c(N=C=S)c(F)c5)cc4)c(F)c3)c(F)c2)cc1. The Morgan fingerprint density at radius 2 is 1.20 bits per heavy atom. The summed E-state index contributed by atoms with van der Waals surface area (Å²) in [6, 6.07) is 22.6. The van der Waals surface area contributed by atoms with Crippen molar-refractivity contribution in [3.8, 4) is 39.1 Å². The summed E-state index contributed by atoms with van der Waals surface area (Å²) in [5.41, 5.74) is 2.31. The van der Waals surface area contributed by atoms with Gasteiger partial charge in [-0.3, -0.25) is 0 Å². The maximum Gasteiger partial charge on any atom is 0.426 e. The number of halogens is 6. The van der Waals surface area contributed by atoms with E-state index >= 15 is 8.78 Å². The molecule has 0 saturated heterocycles. The zero-order valence-electron chi connectivity index (χ0n) is 24.6. The number of aliphatic imine (C=N–C) groups is 1. The van der Waals surface area contributed by atoms with Gasteiger partial charge in [0.2, 0.25) is 0 Å². The molecule has 0 heterocycles. The highest BCUT2D eigenvalue weighted by molar-refractivity contribution is 7.78. The van der Waals surface area contributed by atoms with Crippen LogP contribution in [-0.2, 0) is 12.5 Å². The van der Waals surface area contributed by atoms with E-state index in [1.807, 2.05) is 24.3 Å². The first-order chi connectivity index (χ1) is 22.1. The molecule has 0 aromatic heterocycles. The number of hydrogen-bond acceptors (Lipinski definition) is 3. The van der Waals surface area contributed by atoms with Crippen LogP contribution in [0.5, 0.6) is 5.75 Å². The van der Waals surface area contributed by atoms with Crippen LogP contribution in [-0.4, -0.2) is 5.16 Å². The molecule has 5 aromatic rings. The first kappa shape index (κ1) is 32.7. The number of ether oxygens (including phenoxy) is 1. The Hall–Kier alpha value is -4.72. The molecule has 2 nitrogen and oxygen atoms in total. The molecule has 0 aliphatic carbocycles. The Kier molecular flexibility index (Phi) is 10.0. The van der Waals surface area contributed by atoms with E-state index in [0.717, 1.165) is 37.0 Å². The van der Waals surface area contributed by atoms with Crippen molar-refractivity contribution >= 4 is 23.1 Å². The van der Waals surface area contributed by atoms with Crippen molar-refractivity contribution in [2.45, 2.75) is 38.7 Å². The molecule has 0 bridgehead atoms. The lowest BCUT2D eigenvalue weighted by Gasteiger charge is -2.19. The van der Waals surface area contributed by atoms with Crippen molar-refractivity contribution in [3.63, 3.8) is 0 Å². The monoisotopic (exact) mass is 647 g/mol. The van der Waals surface area contributed by atoms with Gasteiger partial charge in [0.1, 0.15) is 23.1 Å². The highest BCUT2D eigenvalue weighted by Crippen LogP contribution is 2.37. The maximum atomic E-state index is 15.2. The van der Waals surface area contributed by atoms with E-state index in [0.29, 0.717) is 23.3 Å². The molecule has 9 heteroatoms. The molecule has 0 aliphatic rings. The average molecular weight is 648 g/mol. The fraction of sp³-hybridized carbons (Fsp3) is 0.162. The van der Waals surface area contributed by atoms with Gasteiger partial charge in [-0.15, -0.1) is 0 Å². The summed E-state index contributed by atoms with van der Waals surface area (Å²) >= 11 is 4.32. The van der Waals surface area contributed by atoms with Gasteiger partial charge in [0, 0.05) is 23.3 Å². The van der Waals surface area contributed by atoms with Crippen LogP contribution in [0.25, 0.3) is 33.4 Å². The van der Waals surface area contributed by atoms with Crippen molar-refractivity contribution in [2.75, 3.05) is 0 Å². The predicted molar refractivity (Wildman–Crippen MR) is 171 cm³/mol. The molecule has 0 spiro atoms. The van der Waals surface area contributed by atoms with Crippen LogP contribution in [0.4, 0.5) is 32.0 Å². The summed E-state index contributed by atoms with van der Waals surface area (Å²) in [7, 11) is 0. The number of unbranched alkanes of at least 4 members (excludes halogenated alkanes) is 2. The number of hydrogen-bond donors (Lipinski definition) is 0. The van der Waals surface area contributed by atoms with E-state index in [1.165, 1.54) is 42.3 Å². The summed E-state index contributed by atoms with van der Waals surface area (Å²) < 4.78 is 92.8. The number of isothiocyanates is 1. The smallest absolute Gasteiger partial charge is 0.426 e. The second-order valence-electron chi connectivity index (χ2n) is 10.7. The standard InChI is InChI=1S/C37H27F6NOS/c1-2-3-4-5-23-6-8-24(9-7-23)26-12-16-31(32(38)18-26)27-13-17-30(33(39)19-27)25-10-14-28(15-11-25)37(42,43)45-29-20-34(40)36(44-22-46)35(41)21-29/h6-21H,2-5H2,1H3. The topological polar surface area (TPSA) is 21.6 Å². The Morgan fingerprint density at radius 1 is 0.652 bits per heavy atom. The Bertz CT molecular complexity index is 1880. The van der Waals surface area contributed by atoms with E-state index in [2.05, 4.69) is 28.9 Å². The van der Waals surface area contributed by atoms with Gasteiger partial charge in [-0.2, -0.15) is 13.8 Å². The van der Waals surface area contributed by atoms with Crippen molar-refractivity contribution in [3.05, 3.63) is 131 Å².